The van der Waals surface area contributed by atoms with E-state index in [0.29, 0.717) is 5.56 Å². The summed E-state index contributed by atoms with van der Waals surface area (Å²) in [5, 5.41) is 0. The van der Waals surface area contributed by atoms with Crippen molar-refractivity contribution in [3.05, 3.63) is 46.1 Å². The lowest BCUT2D eigenvalue weighted by Gasteiger charge is -2.12. The molecule has 0 unspecified atom stereocenters. The highest BCUT2D eigenvalue weighted by molar-refractivity contribution is 6.52. The average Bonchev–Trinajstić information content (AvgIpc) is 2.63. The van der Waals surface area contributed by atoms with Crippen LogP contribution in [0.1, 0.15) is 20.8 Å². The minimum absolute atomic E-state index is 0.0266. The standard InChI is InChI=1S/C12H7NO4/c1-13-8-10(15)9(14)6-4-2-3-5-7(6)11(8)17-12(13)16/h2-5H,1H3. The molecule has 0 spiro atoms. The van der Waals surface area contributed by atoms with Crippen molar-refractivity contribution in [3.8, 4) is 11.3 Å². The molecule has 0 radical (unpaired) electrons. The van der Waals surface area contributed by atoms with Gasteiger partial charge >= 0.3 is 5.76 Å². The highest BCUT2D eigenvalue weighted by Gasteiger charge is 2.35. The molecule has 1 aromatic heterocycles. The predicted octanol–water partition coefficient (Wildman–Crippen LogP) is 1.02. The van der Waals surface area contributed by atoms with Crippen LogP contribution in [-0.4, -0.2) is 16.1 Å². The van der Waals surface area contributed by atoms with Gasteiger partial charge in [-0.1, -0.05) is 24.3 Å². The second-order valence-corrected chi connectivity index (χ2v) is 3.81. The van der Waals surface area contributed by atoms with E-state index in [1.54, 1.807) is 24.3 Å². The van der Waals surface area contributed by atoms with Gasteiger partial charge < -0.3 is 4.42 Å². The van der Waals surface area contributed by atoms with Crippen molar-refractivity contribution >= 4 is 11.6 Å². The van der Waals surface area contributed by atoms with Crippen molar-refractivity contribution in [3.63, 3.8) is 0 Å². The third-order valence-corrected chi connectivity index (χ3v) is 2.85. The summed E-state index contributed by atoms with van der Waals surface area (Å²) in [6, 6.07) is 6.59. The smallest absolute Gasteiger partial charge is 0.407 e. The largest absolute Gasteiger partial charge is 0.419 e. The summed E-state index contributed by atoms with van der Waals surface area (Å²) >= 11 is 0. The molecule has 84 valence electrons. The number of fused-ring (bicyclic) bond motifs is 3. The molecule has 0 amide bonds. The van der Waals surface area contributed by atoms with E-state index in [2.05, 4.69) is 0 Å². The molecule has 0 N–H and O–H groups in total. The molecule has 3 rings (SSSR count). The Bertz CT molecular complexity index is 720. The Balaban J connectivity index is 2.48. The maximum Gasteiger partial charge on any atom is 0.419 e. The number of hydrogen-bond donors (Lipinski definition) is 0. The fourth-order valence-corrected chi connectivity index (χ4v) is 1.99. The van der Waals surface area contributed by atoms with E-state index in [-0.39, 0.29) is 17.0 Å². The molecule has 0 fully saturated rings. The van der Waals surface area contributed by atoms with E-state index in [9.17, 15) is 14.4 Å². The molecule has 17 heavy (non-hydrogen) atoms. The van der Waals surface area contributed by atoms with Crippen LogP contribution in [0.25, 0.3) is 11.3 Å². The Hall–Kier alpha value is -2.43. The lowest BCUT2D eigenvalue weighted by atomic mass is 9.91. The van der Waals surface area contributed by atoms with Gasteiger partial charge in [-0.15, -0.1) is 0 Å². The van der Waals surface area contributed by atoms with E-state index in [1.807, 2.05) is 0 Å². The van der Waals surface area contributed by atoms with Gasteiger partial charge in [-0.25, -0.2) is 4.79 Å². The first-order valence-electron chi connectivity index (χ1n) is 4.99. The molecule has 5 heteroatoms. The first kappa shape index (κ1) is 9.77. The van der Waals surface area contributed by atoms with Gasteiger partial charge in [0.25, 0.3) is 5.78 Å². The predicted molar refractivity (Wildman–Crippen MR) is 58.0 cm³/mol. The summed E-state index contributed by atoms with van der Waals surface area (Å²) in [7, 11) is 1.41. The Morgan fingerprint density at radius 2 is 1.65 bits per heavy atom. The summed E-state index contributed by atoms with van der Waals surface area (Å²) in [6.45, 7) is 0. The lowest BCUT2D eigenvalue weighted by molar-refractivity contribution is 0.0810. The number of nitrogens with zero attached hydrogens (tertiary/aromatic N) is 1. The number of aromatic nitrogens is 1. The van der Waals surface area contributed by atoms with E-state index in [0.717, 1.165) is 4.57 Å². The Morgan fingerprint density at radius 3 is 2.35 bits per heavy atom. The number of hydrogen-bond acceptors (Lipinski definition) is 4. The third kappa shape index (κ3) is 1.10. The summed E-state index contributed by atoms with van der Waals surface area (Å²) in [4.78, 5) is 35.1. The van der Waals surface area contributed by atoms with Crippen molar-refractivity contribution in [1.29, 1.82) is 0 Å². The van der Waals surface area contributed by atoms with Crippen LogP contribution >= 0.6 is 0 Å². The molecule has 2 aromatic rings. The molecular weight excluding hydrogens is 222 g/mol. The van der Waals surface area contributed by atoms with Gasteiger partial charge in [0, 0.05) is 18.2 Å². The highest BCUT2D eigenvalue weighted by atomic mass is 16.4. The van der Waals surface area contributed by atoms with E-state index >= 15 is 0 Å². The molecule has 0 saturated heterocycles. The first-order chi connectivity index (χ1) is 8.11. The zero-order valence-corrected chi connectivity index (χ0v) is 8.89. The van der Waals surface area contributed by atoms with Crippen LogP contribution < -0.4 is 5.76 Å². The molecule has 0 atom stereocenters. The summed E-state index contributed by atoms with van der Waals surface area (Å²) in [5.74, 6) is -1.78. The van der Waals surface area contributed by atoms with Crippen LogP contribution in [0, 0.1) is 0 Å². The first-order valence-corrected chi connectivity index (χ1v) is 4.99. The second-order valence-electron chi connectivity index (χ2n) is 3.81. The number of carbonyl (C=O) groups is 2. The number of benzene rings is 1. The number of oxazole rings is 1. The molecule has 1 aliphatic carbocycles. The zero-order chi connectivity index (χ0) is 12.2. The van der Waals surface area contributed by atoms with Crippen LogP contribution in [0.5, 0.6) is 0 Å². The quantitative estimate of drug-likeness (QED) is 0.632. The fourth-order valence-electron chi connectivity index (χ4n) is 1.99. The number of ketones is 2. The van der Waals surface area contributed by atoms with Crippen LogP contribution in [0.2, 0.25) is 0 Å². The van der Waals surface area contributed by atoms with Gasteiger partial charge in [-0.3, -0.25) is 14.2 Å². The highest BCUT2D eigenvalue weighted by Crippen LogP contribution is 2.32. The second kappa shape index (κ2) is 3.04. The molecule has 1 aromatic carbocycles. The van der Waals surface area contributed by atoms with Gasteiger partial charge in [-0.2, -0.15) is 0 Å². The Labute approximate surface area is 95.3 Å². The monoisotopic (exact) mass is 229 g/mol. The fraction of sp³-hybridized carbons (Fsp3) is 0.0833. The molecule has 0 saturated carbocycles. The van der Waals surface area contributed by atoms with Gasteiger partial charge in [0.05, 0.1) is 0 Å². The maximum absolute atomic E-state index is 11.8. The maximum atomic E-state index is 11.8. The molecule has 0 aliphatic heterocycles. The number of carbonyl (C=O) groups excluding carboxylic acids is 2. The van der Waals surface area contributed by atoms with Gasteiger partial charge in [0.15, 0.2) is 5.76 Å². The van der Waals surface area contributed by atoms with Crippen LogP contribution in [0.4, 0.5) is 0 Å². The summed E-state index contributed by atoms with van der Waals surface area (Å²) in [6.07, 6.45) is 0. The molecular formula is C12H7NO4. The number of Topliss-reactive ketones (excluding diaryl/α,β-unsaturated/α-hetero) is 2. The SMILES string of the molecule is Cn1c2c(oc1=O)-c1ccccc1C(=O)C2=O. The van der Waals surface area contributed by atoms with Gasteiger partial charge in [0.1, 0.15) is 5.69 Å². The molecule has 1 aliphatic rings. The van der Waals surface area contributed by atoms with E-state index in [1.165, 1.54) is 7.05 Å². The molecule has 5 nitrogen and oxygen atoms in total. The summed E-state index contributed by atoms with van der Waals surface area (Å²) < 4.78 is 6.08. The van der Waals surface area contributed by atoms with Crippen molar-refractivity contribution in [1.82, 2.24) is 4.57 Å². The zero-order valence-electron chi connectivity index (χ0n) is 8.89. The van der Waals surface area contributed by atoms with Crippen molar-refractivity contribution in [2.24, 2.45) is 7.05 Å². The van der Waals surface area contributed by atoms with Crippen molar-refractivity contribution < 1.29 is 14.0 Å². The van der Waals surface area contributed by atoms with E-state index < -0.39 is 17.3 Å². The van der Waals surface area contributed by atoms with E-state index in [4.69, 9.17) is 4.42 Å². The van der Waals surface area contributed by atoms with Crippen molar-refractivity contribution in [2.45, 2.75) is 0 Å². The lowest BCUT2D eigenvalue weighted by Crippen LogP contribution is -2.25. The molecule has 0 bridgehead atoms. The normalized spacial score (nSPS) is 13.5. The molecule has 1 heterocycles. The minimum Gasteiger partial charge on any atom is -0.407 e. The topological polar surface area (TPSA) is 69.3 Å². The van der Waals surface area contributed by atoms with Crippen molar-refractivity contribution in [2.75, 3.05) is 0 Å². The van der Waals surface area contributed by atoms with Crippen LogP contribution in [-0.2, 0) is 7.05 Å². The Kier molecular flexibility index (Phi) is 1.75. The van der Waals surface area contributed by atoms with Gasteiger partial charge in [0.2, 0.25) is 5.78 Å². The van der Waals surface area contributed by atoms with Crippen LogP contribution in [0.3, 0.4) is 0 Å². The van der Waals surface area contributed by atoms with Crippen LogP contribution in [0.15, 0.2) is 33.5 Å². The van der Waals surface area contributed by atoms with Gasteiger partial charge in [-0.05, 0) is 0 Å². The average molecular weight is 229 g/mol. The third-order valence-electron chi connectivity index (χ3n) is 2.85. The summed E-state index contributed by atoms with van der Waals surface area (Å²) in [5.41, 5.74) is 0.794. The Morgan fingerprint density at radius 1 is 1.00 bits per heavy atom. The number of rotatable bonds is 0. The minimum atomic E-state index is -0.702.